The van der Waals surface area contributed by atoms with Gasteiger partial charge in [0.05, 0.1) is 23.6 Å². The van der Waals surface area contributed by atoms with Gasteiger partial charge in [-0.05, 0) is 36.8 Å². The maximum Gasteiger partial charge on any atom is 0.335 e. The van der Waals surface area contributed by atoms with E-state index in [0.29, 0.717) is 0 Å². The maximum absolute atomic E-state index is 13.6. The van der Waals surface area contributed by atoms with E-state index in [1.807, 2.05) is 6.92 Å². The smallest absolute Gasteiger partial charge is 0.335 e. The lowest BCUT2D eigenvalue weighted by molar-refractivity contribution is -0.136. The average Bonchev–Trinajstić information content (AvgIpc) is 2.58. The lowest BCUT2D eigenvalue weighted by Gasteiger charge is -2.20. The van der Waals surface area contributed by atoms with Crippen molar-refractivity contribution in [2.24, 2.45) is 0 Å². The number of esters is 1. The molecular formula is C18H18FNO4S. The van der Waals surface area contributed by atoms with Crippen LogP contribution in [0.5, 0.6) is 0 Å². The number of methoxy groups -OCH3 is 1. The van der Waals surface area contributed by atoms with E-state index >= 15 is 0 Å². The van der Waals surface area contributed by atoms with E-state index in [4.69, 9.17) is 0 Å². The first-order valence-corrected chi connectivity index (χ1v) is 8.84. The van der Waals surface area contributed by atoms with Crippen molar-refractivity contribution in [3.8, 4) is 0 Å². The van der Waals surface area contributed by atoms with Crippen LogP contribution in [0, 0.1) is 12.7 Å². The minimum Gasteiger partial charge on any atom is -0.466 e. The Morgan fingerprint density at radius 2 is 1.84 bits per heavy atom. The van der Waals surface area contributed by atoms with Crippen molar-refractivity contribution in [2.75, 3.05) is 7.11 Å². The van der Waals surface area contributed by atoms with Crippen LogP contribution in [0.15, 0.2) is 65.6 Å². The molecule has 25 heavy (non-hydrogen) atoms. The van der Waals surface area contributed by atoms with Crippen molar-refractivity contribution in [1.82, 2.24) is 4.72 Å². The summed E-state index contributed by atoms with van der Waals surface area (Å²) in [4.78, 5) is 11.9. The highest BCUT2D eigenvalue weighted by molar-refractivity contribution is 7.89. The molecule has 5 nitrogen and oxygen atoms in total. The van der Waals surface area contributed by atoms with E-state index in [0.717, 1.165) is 18.7 Å². The Bertz CT molecular complexity index is 892. The molecule has 2 aromatic rings. The van der Waals surface area contributed by atoms with Gasteiger partial charge in [0.15, 0.2) is 0 Å². The number of aryl methyl sites for hydroxylation is 1. The third-order valence-corrected chi connectivity index (χ3v) is 5.02. The lowest BCUT2D eigenvalue weighted by atomic mass is 10.0. The van der Waals surface area contributed by atoms with E-state index < -0.39 is 27.9 Å². The van der Waals surface area contributed by atoms with Crippen molar-refractivity contribution in [2.45, 2.75) is 17.9 Å². The van der Waals surface area contributed by atoms with Crippen LogP contribution in [-0.2, 0) is 19.6 Å². The summed E-state index contributed by atoms with van der Waals surface area (Å²) >= 11 is 0. The number of sulfonamides is 1. The Kier molecular flexibility index (Phi) is 5.71. The number of nitrogens with one attached hydrogen (secondary N) is 1. The molecule has 7 heteroatoms. The molecule has 0 bridgehead atoms. The zero-order valence-corrected chi connectivity index (χ0v) is 14.6. The van der Waals surface area contributed by atoms with Crippen LogP contribution in [0.25, 0.3) is 0 Å². The lowest BCUT2D eigenvalue weighted by Crippen LogP contribution is -2.32. The van der Waals surface area contributed by atoms with E-state index in [1.165, 1.54) is 30.3 Å². The predicted molar refractivity (Wildman–Crippen MR) is 91.8 cm³/mol. The number of hydrogen-bond acceptors (Lipinski definition) is 4. The molecule has 0 aliphatic heterocycles. The van der Waals surface area contributed by atoms with Crippen molar-refractivity contribution in [1.29, 1.82) is 0 Å². The zero-order valence-electron chi connectivity index (χ0n) is 13.8. The van der Waals surface area contributed by atoms with Gasteiger partial charge in [0, 0.05) is 0 Å². The van der Waals surface area contributed by atoms with Crippen molar-refractivity contribution >= 4 is 16.0 Å². The fraction of sp³-hybridized carbons (Fsp3) is 0.167. The van der Waals surface area contributed by atoms with Crippen LogP contribution in [0.1, 0.15) is 17.2 Å². The molecule has 0 radical (unpaired) electrons. The topological polar surface area (TPSA) is 72.5 Å². The van der Waals surface area contributed by atoms with Gasteiger partial charge in [0.25, 0.3) is 0 Å². The summed E-state index contributed by atoms with van der Waals surface area (Å²) in [5.41, 5.74) is 0.995. The van der Waals surface area contributed by atoms with Gasteiger partial charge in [0.2, 0.25) is 10.0 Å². The quantitative estimate of drug-likeness (QED) is 0.633. The number of carbonyl (C=O) groups is 1. The molecule has 2 aromatic carbocycles. The molecule has 0 saturated carbocycles. The third-order valence-electron chi connectivity index (χ3n) is 3.58. The third kappa shape index (κ3) is 4.52. The molecule has 0 heterocycles. The molecule has 0 fully saturated rings. The highest BCUT2D eigenvalue weighted by Crippen LogP contribution is 2.25. The highest BCUT2D eigenvalue weighted by atomic mass is 32.2. The number of rotatable bonds is 6. The first kappa shape index (κ1) is 18.8. The molecule has 0 amide bonds. The summed E-state index contributed by atoms with van der Waals surface area (Å²) in [5.74, 6) is -1.35. The second kappa shape index (κ2) is 7.58. The monoisotopic (exact) mass is 363 g/mol. The van der Waals surface area contributed by atoms with Gasteiger partial charge in [-0.25, -0.2) is 17.6 Å². The molecule has 1 atom stereocenters. The van der Waals surface area contributed by atoms with Crippen LogP contribution < -0.4 is 4.72 Å². The summed E-state index contributed by atoms with van der Waals surface area (Å²) in [5, 5.41) is 0. The second-order valence-electron chi connectivity index (χ2n) is 5.44. The molecule has 2 rings (SSSR count). The van der Waals surface area contributed by atoms with Crippen molar-refractivity contribution in [3.63, 3.8) is 0 Å². The number of ether oxygens (including phenoxy) is 1. The maximum atomic E-state index is 13.6. The summed E-state index contributed by atoms with van der Waals surface area (Å²) in [6, 6.07) is 10.3. The fourth-order valence-electron chi connectivity index (χ4n) is 2.22. The van der Waals surface area contributed by atoms with E-state index in [9.17, 15) is 17.6 Å². The number of hydrogen-bond donors (Lipinski definition) is 1. The molecule has 132 valence electrons. The Morgan fingerprint density at radius 3 is 2.40 bits per heavy atom. The van der Waals surface area contributed by atoms with Crippen LogP contribution in [0.3, 0.4) is 0 Å². The second-order valence-corrected chi connectivity index (χ2v) is 7.15. The Labute approximate surface area is 146 Å². The number of halogens is 1. The fourth-order valence-corrected chi connectivity index (χ4v) is 3.44. The summed E-state index contributed by atoms with van der Waals surface area (Å²) in [6.45, 7) is 5.43. The number of carbonyl (C=O) groups excluding carboxylic acids is 1. The van der Waals surface area contributed by atoms with Gasteiger partial charge in [-0.15, -0.1) is 0 Å². The van der Waals surface area contributed by atoms with Crippen LogP contribution in [-0.4, -0.2) is 21.5 Å². The summed E-state index contributed by atoms with van der Waals surface area (Å²) in [7, 11) is -2.81. The molecule has 0 spiro atoms. The molecule has 0 saturated heterocycles. The first-order valence-electron chi connectivity index (χ1n) is 7.36. The summed E-state index contributed by atoms with van der Waals surface area (Å²) in [6.07, 6.45) is 0. The van der Waals surface area contributed by atoms with Crippen molar-refractivity contribution in [3.05, 3.63) is 77.6 Å². The van der Waals surface area contributed by atoms with Gasteiger partial charge in [-0.3, -0.25) is 0 Å². The zero-order chi connectivity index (χ0) is 18.6. The van der Waals surface area contributed by atoms with E-state index in [-0.39, 0.29) is 16.0 Å². The van der Waals surface area contributed by atoms with Gasteiger partial charge in [-0.2, -0.15) is 4.72 Å². The van der Waals surface area contributed by atoms with Gasteiger partial charge in [-0.1, -0.05) is 36.4 Å². The first-order chi connectivity index (χ1) is 11.7. The Morgan fingerprint density at radius 1 is 1.20 bits per heavy atom. The molecular weight excluding hydrogens is 345 g/mol. The minimum absolute atomic E-state index is 0.0252. The average molecular weight is 363 g/mol. The molecule has 0 aliphatic rings. The predicted octanol–water partition coefficient (Wildman–Crippen LogP) is 2.88. The van der Waals surface area contributed by atoms with Gasteiger partial charge < -0.3 is 4.74 Å². The molecule has 0 aromatic heterocycles. The highest BCUT2D eigenvalue weighted by Gasteiger charge is 2.27. The van der Waals surface area contributed by atoms with Crippen LogP contribution >= 0.6 is 0 Å². The number of benzene rings is 2. The van der Waals surface area contributed by atoms with Crippen LogP contribution in [0.4, 0.5) is 4.39 Å². The van der Waals surface area contributed by atoms with Crippen molar-refractivity contribution < 1.29 is 22.3 Å². The van der Waals surface area contributed by atoms with E-state index in [2.05, 4.69) is 16.0 Å². The molecule has 0 unspecified atom stereocenters. The normalized spacial score (nSPS) is 12.4. The Hall–Kier alpha value is -2.51. The Balaban J connectivity index is 2.43. The summed E-state index contributed by atoms with van der Waals surface area (Å²) < 4.78 is 45.8. The van der Waals surface area contributed by atoms with E-state index in [1.54, 1.807) is 12.1 Å². The standard InChI is InChI=1S/C18H18FNO4S/c1-12-7-9-16(10-8-12)25(22,23)20-17(13(2)18(21)24-3)14-5-4-6-15(19)11-14/h4-11,17,20H,2H2,1,3H3/t17-/m0/s1. The molecule has 1 N–H and O–H groups in total. The molecule has 0 aliphatic carbocycles. The van der Waals surface area contributed by atoms with Gasteiger partial charge in [0.1, 0.15) is 5.82 Å². The van der Waals surface area contributed by atoms with Crippen LogP contribution in [0.2, 0.25) is 0 Å². The van der Waals surface area contributed by atoms with Gasteiger partial charge >= 0.3 is 5.97 Å². The SMILES string of the molecule is C=C(C(=O)OC)[C@H](NS(=O)(=O)c1ccc(C)cc1)c1cccc(F)c1. The minimum atomic E-state index is -3.97. The largest absolute Gasteiger partial charge is 0.466 e.